The number of hydrogen-bond donors (Lipinski definition) is 3. The maximum Gasteiger partial charge on any atom is 1.00 e. The second kappa shape index (κ2) is 10.8. The molecule has 140 valence electrons. The molecule has 3 N–H and O–H groups in total. The number of aryl methyl sites for hydroxylation is 1. The molecule has 0 heterocycles. The summed E-state index contributed by atoms with van der Waals surface area (Å²) in [5.74, 6) is 0.199. The minimum absolute atomic E-state index is 0. The molecule has 0 spiro atoms. The molecular formula is C19H21NaO6S. The van der Waals surface area contributed by atoms with Crippen molar-refractivity contribution in [2.75, 3.05) is 0 Å². The molecule has 0 radical (unpaired) electrons. The number of aromatic hydroxyl groups is 2. The van der Waals surface area contributed by atoms with Crippen LogP contribution >= 0.6 is 0 Å². The van der Waals surface area contributed by atoms with Crippen molar-refractivity contribution in [1.82, 2.24) is 0 Å². The fourth-order valence-corrected chi connectivity index (χ4v) is 3.27. The fraction of sp³-hybridized carbons (Fsp3) is 0.263. The summed E-state index contributed by atoms with van der Waals surface area (Å²) in [6.45, 7) is 0. The van der Waals surface area contributed by atoms with E-state index in [4.69, 9.17) is 0 Å². The largest absolute Gasteiger partial charge is 1.00 e. The molecule has 0 aromatic heterocycles. The minimum Gasteiger partial charge on any atom is -0.748 e. The van der Waals surface area contributed by atoms with Crippen molar-refractivity contribution >= 4 is 10.1 Å². The first-order valence-corrected chi connectivity index (χ1v) is 9.59. The Morgan fingerprint density at radius 3 is 2.00 bits per heavy atom. The van der Waals surface area contributed by atoms with E-state index in [9.17, 15) is 28.3 Å². The Morgan fingerprint density at radius 1 is 0.963 bits per heavy atom. The predicted molar refractivity (Wildman–Crippen MR) is 96.7 cm³/mol. The van der Waals surface area contributed by atoms with Crippen LogP contribution in [-0.4, -0.2) is 33.5 Å². The van der Waals surface area contributed by atoms with Crippen LogP contribution in [-0.2, 0) is 16.5 Å². The first kappa shape index (κ1) is 23.7. The summed E-state index contributed by atoms with van der Waals surface area (Å²) in [6, 6.07) is 12.3. The molecule has 0 fully saturated rings. The SMILES string of the molecule is O=S(=O)([O-])C(C/C=C/C(O)c1ccc(O)cc1)CCc1ccc(O)cc1.[Na+]. The van der Waals surface area contributed by atoms with Gasteiger partial charge < -0.3 is 19.9 Å². The Hall–Kier alpha value is -1.35. The maximum absolute atomic E-state index is 11.5. The molecule has 2 aromatic rings. The van der Waals surface area contributed by atoms with E-state index in [1.165, 1.54) is 36.4 Å². The molecular weight excluding hydrogens is 379 g/mol. The third-order valence-corrected chi connectivity index (χ3v) is 5.30. The second-order valence-electron chi connectivity index (χ2n) is 6.02. The number of phenols is 2. The Kier molecular flexibility index (Phi) is 9.52. The monoisotopic (exact) mass is 400 g/mol. The molecule has 0 bridgehead atoms. The van der Waals surface area contributed by atoms with E-state index in [0.29, 0.717) is 12.0 Å². The predicted octanol–water partition coefficient (Wildman–Crippen LogP) is -0.372. The number of aliphatic hydroxyl groups is 1. The summed E-state index contributed by atoms with van der Waals surface area (Å²) in [5.41, 5.74) is 1.37. The number of aliphatic hydroxyl groups excluding tert-OH is 1. The van der Waals surface area contributed by atoms with E-state index in [1.807, 2.05) is 0 Å². The summed E-state index contributed by atoms with van der Waals surface area (Å²) >= 11 is 0. The average molecular weight is 400 g/mol. The van der Waals surface area contributed by atoms with Gasteiger partial charge in [0.1, 0.15) is 11.5 Å². The molecule has 8 heteroatoms. The third-order valence-electron chi connectivity index (χ3n) is 4.05. The smallest absolute Gasteiger partial charge is 0.748 e. The van der Waals surface area contributed by atoms with E-state index < -0.39 is 21.5 Å². The summed E-state index contributed by atoms with van der Waals surface area (Å²) in [4.78, 5) is 0. The van der Waals surface area contributed by atoms with E-state index >= 15 is 0 Å². The van der Waals surface area contributed by atoms with Gasteiger partial charge in [0.05, 0.1) is 21.5 Å². The number of allylic oxidation sites excluding steroid dienone is 1. The van der Waals surface area contributed by atoms with Crippen LogP contribution in [0.3, 0.4) is 0 Å². The second-order valence-corrected chi connectivity index (χ2v) is 7.67. The topological polar surface area (TPSA) is 118 Å². The van der Waals surface area contributed by atoms with E-state index in [0.717, 1.165) is 5.56 Å². The van der Waals surface area contributed by atoms with Crippen molar-refractivity contribution < 1.29 is 57.8 Å². The zero-order chi connectivity index (χ0) is 19.2. The van der Waals surface area contributed by atoms with Gasteiger partial charge in [-0.3, -0.25) is 0 Å². The van der Waals surface area contributed by atoms with Gasteiger partial charge >= 0.3 is 29.6 Å². The van der Waals surface area contributed by atoms with Crippen LogP contribution in [0.25, 0.3) is 0 Å². The molecule has 6 nitrogen and oxygen atoms in total. The molecule has 0 amide bonds. The van der Waals surface area contributed by atoms with Crippen molar-refractivity contribution in [3.05, 3.63) is 71.8 Å². The van der Waals surface area contributed by atoms with Gasteiger partial charge in [-0.05, 0) is 54.7 Å². The van der Waals surface area contributed by atoms with Gasteiger partial charge in [-0.2, -0.15) is 0 Å². The third kappa shape index (κ3) is 8.04. The molecule has 2 unspecified atom stereocenters. The van der Waals surface area contributed by atoms with Crippen LogP contribution in [0.4, 0.5) is 0 Å². The first-order chi connectivity index (χ1) is 12.3. The molecule has 0 aliphatic rings. The molecule has 2 atom stereocenters. The number of phenolic OH excluding ortho intramolecular Hbond substituents is 2. The number of hydrogen-bond acceptors (Lipinski definition) is 6. The quantitative estimate of drug-likeness (QED) is 0.316. The molecule has 2 rings (SSSR count). The summed E-state index contributed by atoms with van der Waals surface area (Å²) in [7, 11) is -4.48. The van der Waals surface area contributed by atoms with Crippen LogP contribution < -0.4 is 29.6 Å². The van der Waals surface area contributed by atoms with E-state index in [-0.39, 0.29) is 53.9 Å². The number of benzene rings is 2. The fourth-order valence-electron chi connectivity index (χ4n) is 2.51. The first-order valence-electron chi connectivity index (χ1n) is 8.12. The Balaban J connectivity index is 0.00000364. The van der Waals surface area contributed by atoms with Gasteiger partial charge in [0.25, 0.3) is 0 Å². The molecule has 27 heavy (non-hydrogen) atoms. The van der Waals surface area contributed by atoms with Gasteiger partial charge in [-0.1, -0.05) is 36.4 Å². The zero-order valence-electron chi connectivity index (χ0n) is 15.0. The van der Waals surface area contributed by atoms with Crippen molar-refractivity contribution in [1.29, 1.82) is 0 Å². The van der Waals surface area contributed by atoms with Crippen LogP contribution in [0.1, 0.15) is 30.1 Å². The Bertz CT molecular complexity index is 832. The van der Waals surface area contributed by atoms with Gasteiger partial charge in [0.2, 0.25) is 0 Å². The number of rotatable bonds is 8. The van der Waals surface area contributed by atoms with Crippen molar-refractivity contribution in [3.8, 4) is 11.5 Å². The summed E-state index contributed by atoms with van der Waals surface area (Å²) < 4.78 is 34.4. The average Bonchev–Trinajstić information content (AvgIpc) is 2.58. The Morgan fingerprint density at radius 2 is 1.48 bits per heavy atom. The van der Waals surface area contributed by atoms with Gasteiger partial charge in [0, 0.05) is 0 Å². The molecule has 2 aromatic carbocycles. The van der Waals surface area contributed by atoms with Crippen LogP contribution in [0.15, 0.2) is 60.7 Å². The van der Waals surface area contributed by atoms with Crippen molar-refractivity contribution in [3.63, 3.8) is 0 Å². The summed E-state index contributed by atoms with van der Waals surface area (Å²) in [6.07, 6.45) is 2.48. The normalized spacial score (nSPS) is 13.9. The maximum atomic E-state index is 11.5. The standard InChI is InChI=1S/C19H22O6S.Na/c20-16-9-4-14(5-10-16)6-13-18(26(23,24)25)2-1-3-19(22)15-7-11-17(21)12-8-15;/h1,3-5,7-12,18-22H,2,6,13H2,(H,23,24,25);/q;+1/p-1/b3-1+;. The zero-order valence-corrected chi connectivity index (χ0v) is 17.8. The molecule has 0 saturated heterocycles. The van der Waals surface area contributed by atoms with Gasteiger partial charge in [-0.15, -0.1) is 0 Å². The van der Waals surface area contributed by atoms with Crippen molar-refractivity contribution in [2.45, 2.75) is 30.6 Å². The van der Waals surface area contributed by atoms with E-state index in [1.54, 1.807) is 24.3 Å². The van der Waals surface area contributed by atoms with Gasteiger partial charge in [-0.25, -0.2) is 8.42 Å². The molecule has 0 aliphatic carbocycles. The van der Waals surface area contributed by atoms with Crippen LogP contribution in [0, 0.1) is 0 Å². The molecule has 0 saturated carbocycles. The van der Waals surface area contributed by atoms with Crippen LogP contribution in [0.2, 0.25) is 0 Å². The molecule has 0 aliphatic heterocycles. The Labute approximate surface area is 181 Å². The van der Waals surface area contributed by atoms with Gasteiger partial charge in [0.15, 0.2) is 0 Å². The van der Waals surface area contributed by atoms with Crippen molar-refractivity contribution in [2.24, 2.45) is 0 Å². The van der Waals surface area contributed by atoms with E-state index in [2.05, 4.69) is 0 Å². The van der Waals surface area contributed by atoms with Crippen LogP contribution in [0.5, 0.6) is 11.5 Å². The summed E-state index contributed by atoms with van der Waals surface area (Å²) in [5, 5.41) is 27.4. The minimum atomic E-state index is -4.48.